The van der Waals surface area contributed by atoms with E-state index in [9.17, 15) is 14.4 Å². The lowest BCUT2D eigenvalue weighted by atomic mass is 10.1. The van der Waals surface area contributed by atoms with E-state index in [-0.39, 0.29) is 29.6 Å². The number of nitrogens with zero attached hydrogens (tertiary/aromatic N) is 3. The maximum absolute atomic E-state index is 13.7. The topological polar surface area (TPSA) is 103 Å². The number of hydrogen-bond acceptors (Lipinski definition) is 6. The monoisotopic (exact) mass is 447 g/mol. The molecule has 0 saturated carbocycles. The van der Waals surface area contributed by atoms with E-state index >= 15 is 0 Å². The van der Waals surface area contributed by atoms with Crippen LogP contribution in [-0.2, 0) is 11.3 Å². The molecular formula is C25H26FN5O2. The largest absolute Gasteiger partial charge is 0.377 e. The smallest absolute Gasteiger partial charge is 0.270 e. The summed E-state index contributed by atoms with van der Waals surface area (Å²) in [6.07, 6.45) is 5.91. The zero-order chi connectivity index (χ0) is 23.5. The van der Waals surface area contributed by atoms with Gasteiger partial charge in [-0.15, -0.1) is 0 Å². The van der Waals surface area contributed by atoms with Crippen LogP contribution in [0, 0.1) is 17.1 Å². The Labute approximate surface area is 192 Å². The summed E-state index contributed by atoms with van der Waals surface area (Å²) in [6, 6.07) is 15.2. The molecule has 3 aromatic rings. The number of hydrogen-bond donors (Lipinski definition) is 2. The van der Waals surface area contributed by atoms with Gasteiger partial charge in [-0.2, -0.15) is 10.4 Å². The minimum atomic E-state index is -0.567. The predicted molar refractivity (Wildman–Crippen MR) is 126 cm³/mol. The number of nitriles is 1. The molecule has 170 valence electrons. The molecular weight excluding hydrogens is 421 g/mol. The fraction of sp³-hybridized carbons (Fsp3) is 0.280. The minimum absolute atomic E-state index is 0.0763. The highest BCUT2D eigenvalue weighted by Crippen LogP contribution is 2.19. The first-order valence-electron chi connectivity index (χ1n) is 10.9. The third-order valence-corrected chi connectivity index (χ3v) is 4.96. The molecule has 0 aliphatic carbocycles. The number of unbranched alkanes of at least 4 members (excludes halogenated alkanes) is 3. The summed E-state index contributed by atoms with van der Waals surface area (Å²) in [5.74, 6) is -0.264. The molecule has 33 heavy (non-hydrogen) atoms. The number of H-pyrrole nitrogens is 1. The highest BCUT2D eigenvalue weighted by Gasteiger charge is 2.13. The van der Waals surface area contributed by atoms with Crippen molar-refractivity contribution in [2.75, 3.05) is 12.0 Å². The van der Waals surface area contributed by atoms with Crippen LogP contribution >= 0.6 is 0 Å². The Morgan fingerprint density at radius 2 is 2.03 bits per heavy atom. The maximum atomic E-state index is 13.7. The highest BCUT2D eigenvalue weighted by atomic mass is 19.1. The van der Waals surface area contributed by atoms with Crippen LogP contribution < -0.4 is 11.0 Å². The van der Waals surface area contributed by atoms with Crippen LogP contribution in [0.1, 0.15) is 49.3 Å². The van der Waals surface area contributed by atoms with Crippen molar-refractivity contribution in [2.24, 2.45) is 5.10 Å². The lowest BCUT2D eigenvalue weighted by molar-refractivity contribution is 0.116. The average molecular weight is 448 g/mol. The predicted octanol–water partition coefficient (Wildman–Crippen LogP) is 4.99. The summed E-state index contributed by atoms with van der Waals surface area (Å²) in [7, 11) is 0. The molecule has 3 rings (SSSR count). The standard InChI is InChI=1S/C25H26FN5O2/c1-2-3-4-8-13-33-17-20-14-21(26)12-11-19(20)16-28-31-25-29-23(18-9-6-5-7-10-18)22(15-27)24(32)30-25/h5-7,9-12,14,16H,2-4,8,13,17H2,1H3,(H2,29,30,31,32). The zero-order valence-electron chi connectivity index (χ0n) is 18.5. The van der Waals surface area contributed by atoms with Gasteiger partial charge in [-0.1, -0.05) is 62.6 Å². The Bertz CT molecular complexity index is 1190. The van der Waals surface area contributed by atoms with E-state index < -0.39 is 5.56 Å². The van der Waals surface area contributed by atoms with Crippen LogP contribution in [0.5, 0.6) is 0 Å². The normalized spacial score (nSPS) is 10.9. The first kappa shape index (κ1) is 23.8. The molecule has 1 heterocycles. The SMILES string of the molecule is CCCCCCOCc1cc(F)ccc1C=NNc1nc(-c2ccccc2)c(C#N)c(=O)[nH]1. The first-order valence-corrected chi connectivity index (χ1v) is 10.9. The van der Waals surface area contributed by atoms with Crippen LogP contribution in [0.25, 0.3) is 11.3 Å². The summed E-state index contributed by atoms with van der Waals surface area (Å²) in [6.45, 7) is 3.04. The number of ether oxygens (including phenoxy) is 1. The summed E-state index contributed by atoms with van der Waals surface area (Å²) >= 11 is 0. The van der Waals surface area contributed by atoms with Gasteiger partial charge >= 0.3 is 0 Å². The molecule has 0 radical (unpaired) electrons. The Balaban J connectivity index is 1.73. The van der Waals surface area contributed by atoms with E-state index in [0.717, 1.165) is 19.3 Å². The zero-order valence-corrected chi connectivity index (χ0v) is 18.5. The van der Waals surface area contributed by atoms with Gasteiger partial charge in [0.15, 0.2) is 0 Å². The van der Waals surface area contributed by atoms with Crippen molar-refractivity contribution in [2.45, 2.75) is 39.2 Å². The molecule has 0 aliphatic rings. The van der Waals surface area contributed by atoms with E-state index in [1.807, 2.05) is 12.1 Å². The minimum Gasteiger partial charge on any atom is -0.377 e. The van der Waals surface area contributed by atoms with E-state index in [1.165, 1.54) is 24.8 Å². The van der Waals surface area contributed by atoms with Crippen molar-refractivity contribution in [1.29, 1.82) is 5.26 Å². The molecule has 0 unspecified atom stereocenters. The lowest BCUT2D eigenvalue weighted by Gasteiger charge is -2.08. The second-order valence-corrected chi connectivity index (χ2v) is 7.44. The van der Waals surface area contributed by atoms with Gasteiger partial charge in [-0.25, -0.2) is 14.8 Å². The summed E-state index contributed by atoms with van der Waals surface area (Å²) in [5, 5.41) is 13.5. The van der Waals surface area contributed by atoms with Crippen LogP contribution in [-0.4, -0.2) is 22.8 Å². The van der Waals surface area contributed by atoms with Gasteiger partial charge in [0.1, 0.15) is 17.4 Å². The Kier molecular flexibility index (Phi) is 8.86. The van der Waals surface area contributed by atoms with Crippen molar-refractivity contribution >= 4 is 12.2 Å². The van der Waals surface area contributed by atoms with Crippen LogP contribution in [0.4, 0.5) is 10.3 Å². The van der Waals surface area contributed by atoms with Crippen LogP contribution in [0.3, 0.4) is 0 Å². The molecule has 0 amide bonds. The summed E-state index contributed by atoms with van der Waals surface area (Å²) in [5.41, 5.74) is 4.30. The summed E-state index contributed by atoms with van der Waals surface area (Å²) < 4.78 is 19.4. The van der Waals surface area contributed by atoms with Gasteiger partial charge in [0.2, 0.25) is 5.95 Å². The first-order chi connectivity index (χ1) is 16.1. The van der Waals surface area contributed by atoms with Crippen LogP contribution in [0.2, 0.25) is 0 Å². The number of hydrazone groups is 1. The molecule has 8 heteroatoms. The number of nitrogens with one attached hydrogen (secondary N) is 2. The molecule has 0 aliphatic heterocycles. The average Bonchev–Trinajstić information content (AvgIpc) is 2.83. The molecule has 0 saturated heterocycles. The second-order valence-electron chi connectivity index (χ2n) is 7.44. The Morgan fingerprint density at radius 3 is 2.79 bits per heavy atom. The van der Waals surface area contributed by atoms with E-state index in [4.69, 9.17) is 4.74 Å². The van der Waals surface area contributed by atoms with Gasteiger partial charge in [-0.3, -0.25) is 9.78 Å². The van der Waals surface area contributed by atoms with Gasteiger partial charge < -0.3 is 4.74 Å². The van der Waals surface area contributed by atoms with Crippen molar-refractivity contribution in [3.05, 3.63) is 81.4 Å². The molecule has 2 N–H and O–H groups in total. The number of aromatic nitrogens is 2. The number of benzene rings is 2. The van der Waals surface area contributed by atoms with Gasteiger partial charge in [0.05, 0.1) is 18.5 Å². The third kappa shape index (κ3) is 6.82. The van der Waals surface area contributed by atoms with Crippen molar-refractivity contribution in [3.63, 3.8) is 0 Å². The Hall–Kier alpha value is -3.83. The quantitative estimate of drug-likeness (QED) is 0.245. The molecule has 0 bridgehead atoms. The van der Waals surface area contributed by atoms with Crippen molar-refractivity contribution in [3.8, 4) is 17.3 Å². The molecule has 2 aromatic carbocycles. The van der Waals surface area contributed by atoms with E-state index in [1.54, 1.807) is 30.3 Å². The lowest BCUT2D eigenvalue weighted by Crippen LogP contribution is -2.16. The second kappa shape index (κ2) is 12.3. The van der Waals surface area contributed by atoms with E-state index in [2.05, 4.69) is 27.4 Å². The fourth-order valence-electron chi connectivity index (χ4n) is 3.24. The number of anilines is 1. The fourth-order valence-corrected chi connectivity index (χ4v) is 3.24. The molecule has 0 fully saturated rings. The molecule has 7 nitrogen and oxygen atoms in total. The summed E-state index contributed by atoms with van der Waals surface area (Å²) in [4.78, 5) is 19.2. The molecule has 1 aromatic heterocycles. The van der Waals surface area contributed by atoms with Gasteiger partial charge in [-0.05, 0) is 24.1 Å². The molecule has 0 atom stereocenters. The van der Waals surface area contributed by atoms with E-state index in [0.29, 0.717) is 23.3 Å². The number of rotatable bonds is 11. The third-order valence-electron chi connectivity index (χ3n) is 4.96. The number of aromatic amines is 1. The highest BCUT2D eigenvalue weighted by molar-refractivity contribution is 5.82. The maximum Gasteiger partial charge on any atom is 0.270 e. The molecule has 0 spiro atoms. The number of halogens is 1. The Morgan fingerprint density at radius 1 is 1.21 bits per heavy atom. The van der Waals surface area contributed by atoms with Gasteiger partial charge in [0.25, 0.3) is 5.56 Å². The van der Waals surface area contributed by atoms with Crippen LogP contribution in [0.15, 0.2) is 58.4 Å². The van der Waals surface area contributed by atoms with Crippen molar-refractivity contribution < 1.29 is 9.13 Å². The van der Waals surface area contributed by atoms with Gasteiger partial charge in [0, 0.05) is 17.7 Å². The van der Waals surface area contributed by atoms with Crippen molar-refractivity contribution in [1.82, 2.24) is 9.97 Å².